The topological polar surface area (TPSA) is 58.6 Å². The average molecular weight is 564 g/mol. The van der Waals surface area contributed by atoms with Gasteiger partial charge >= 0.3 is 0 Å². The first kappa shape index (κ1) is 28.5. The van der Waals surface area contributed by atoms with E-state index >= 15 is 0 Å². The van der Waals surface area contributed by atoms with Crippen molar-refractivity contribution in [3.05, 3.63) is 112 Å². The Morgan fingerprint density at radius 3 is 2.28 bits per heavy atom. The second-order valence-corrected chi connectivity index (χ2v) is 10.2. The van der Waals surface area contributed by atoms with Gasteiger partial charge in [0.25, 0.3) is 5.91 Å². The highest BCUT2D eigenvalue weighted by Gasteiger charge is 2.31. The van der Waals surface area contributed by atoms with Crippen LogP contribution in [0.1, 0.15) is 30.9 Å². The normalized spacial score (nSPS) is 11.7. The van der Waals surface area contributed by atoms with Crippen LogP contribution < -0.4 is 10.1 Å². The van der Waals surface area contributed by atoms with Crippen LogP contribution in [0.2, 0.25) is 10.0 Å². The molecule has 2 amide bonds. The summed E-state index contributed by atoms with van der Waals surface area (Å²) in [6.07, 6.45) is 2.12. The van der Waals surface area contributed by atoms with Gasteiger partial charge in [0.2, 0.25) is 5.91 Å². The van der Waals surface area contributed by atoms with Gasteiger partial charge in [-0.05, 0) is 35.6 Å². The minimum Gasteiger partial charge on any atom is -0.483 e. The Labute approximate surface area is 239 Å². The predicted octanol–water partition coefficient (Wildman–Crippen LogP) is 7.08. The number of hydrogen-bond donors (Lipinski definition) is 1. The van der Waals surface area contributed by atoms with Crippen molar-refractivity contribution in [2.75, 3.05) is 13.2 Å². The van der Waals surface area contributed by atoms with E-state index in [-0.39, 0.29) is 25.0 Å². The molecule has 0 aliphatic carbocycles. The lowest BCUT2D eigenvalue weighted by atomic mass is 10.0. The Bertz CT molecular complexity index is 1390. The molecule has 4 rings (SSSR count). The van der Waals surface area contributed by atoms with E-state index in [0.717, 1.165) is 29.2 Å². The van der Waals surface area contributed by atoms with Crippen molar-refractivity contribution in [1.29, 1.82) is 0 Å². The number of halogens is 2. The molecule has 4 aromatic rings. The second-order valence-electron chi connectivity index (χ2n) is 9.34. The van der Waals surface area contributed by atoms with E-state index in [4.69, 9.17) is 27.9 Å². The van der Waals surface area contributed by atoms with Gasteiger partial charge < -0.3 is 15.0 Å². The third-order valence-corrected chi connectivity index (χ3v) is 7.30. The number of rotatable bonds is 12. The largest absolute Gasteiger partial charge is 0.483 e. The number of carbonyl (C=O) groups is 2. The van der Waals surface area contributed by atoms with Crippen LogP contribution in [0, 0.1) is 0 Å². The lowest BCUT2D eigenvalue weighted by Gasteiger charge is -2.32. The van der Waals surface area contributed by atoms with Crippen molar-refractivity contribution in [3.63, 3.8) is 0 Å². The summed E-state index contributed by atoms with van der Waals surface area (Å²) < 4.78 is 6.05. The molecule has 202 valence electrons. The van der Waals surface area contributed by atoms with Gasteiger partial charge in [-0.1, -0.05) is 109 Å². The van der Waals surface area contributed by atoms with E-state index in [1.54, 1.807) is 18.2 Å². The molecule has 1 N–H and O–H groups in total. The monoisotopic (exact) mass is 562 g/mol. The van der Waals surface area contributed by atoms with Crippen molar-refractivity contribution in [3.8, 4) is 5.75 Å². The van der Waals surface area contributed by atoms with Crippen LogP contribution in [-0.2, 0) is 22.6 Å². The van der Waals surface area contributed by atoms with Gasteiger partial charge in [-0.3, -0.25) is 9.59 Å². The van der Waals surface area contributed by atoms with Crippen LogP contribution in [0.4, 0.5) is 0 Å². The number of unbranched alkanes of at least 4 members (excludes halogenated alkanes) is 1. The average Bonchev–Trinajstić information content (AvgIpc) is 2.95. The van der Waals surface area contributed by atoms with Crippen molar-refractivity contribution in [1.82, 2.24) is 10.2 Å². The molecule has 0 fully saturated rings. The van der Waals surface area contributed by atoms with Gasteiger partial charge in [-0.2, -0.15) is 0 Å². The first-order valence-electron chi connectivity index (χ1n) is 13.1. The fourth-order valence-corrected chi connectivity index (χ4v) is 4.97. The molecule has 1 atom stereocenters. The van der Waals surface area contributed by atoms with E-state index in [1.807, 2.05) is 72.8 Å². The number of fused-ring (bicyclic) bond motifs is 1. The zero-order valence-electron chi connectivity index (χ0n) is 21.9. The SMILES string of the molecule is CCCCNC(=O)[C@H](Cc1ccccc1)N(Cc1c(Cl)cccc1Cl)C(=O)COc1cccc2ccccc12. The lowest BCUT2D eigenvalue weighted by molar-refractivity contribution is -0.142. The number of amides is 2. The molecule has 0 radical (unpaired) electrons. The summed E-state index contributed by atoms with van der Waals surface area (Å²) in [6, 6.07) is 27.6. The van der Waals surface area contributed by atoms with Crippen molar-refractivity contribution in [2.24, 2.45) is 0 Å². The molecule has 7 heteroatoms. The summed E-state index contributed by atoms with van der Waals surface area (Å²) in [4.78, 5) is 29.0. The molecule has 4 aromatic carbocycles. The second kappa shape index (κ2) is 14.0. The smallest absolute Gasteiger partial charge is 0.261 e. The van der Waals surface area contributed by atoms with Crippen LogP contribution in [0.5, 0.6) is 5.75 Å². The third kappa shape index (κ3) is 7.53. The van der Waals surface area contributed by atoms with Crippen LogP contribution >= 0.6 is 23.2 Å². The standard InChI is InChI=1S/C32H32Cl2N2O3/c1-2-3-19-35-32(38)29(20-23-11-5-4-6-12-23)36(21-26-27(33)16-10-17-28(26)34)31(37)22-39-30-18-9-14-24-13-7-8-15-25(24)30/h4-18,29H,2-3,19-22H2,1H3,(H,35,38)/t29-/m0/s1. The van der Waals surface area contributed by atoms with Crippen molar-refractivity contribution < 1.29 is 14.3 Å². The fraction of sp³-hybridized carbons (Fsp3) is 0.250. The Morgan fingerprint density at radius 1 is 0.872 bits per heavy atom. The van der Waals surface area contributed by atoms with Crippen LogP contribution in [0.15, 0.2) is 91.0 Å². The van der Waals surface area contributed by atoms with E-state index in [1.165, 1.54) is 4.90 Å². The highest BCUT2D eigenvalue weighted by Crippen LogP contribution is 2.28. The molecule has 0 saturated carbocycles. The van der Waals surface area contributed by atoms with Gasteiger partial charge in [-0.25, -0.2) is 0 Å². The maximum absolute atomic E-state index is 13.9. The maximum Gasteiger partial charge on any atom is 0.261 e. The quantitative estimate of drug-likeness (QED) is 0.188. The first-order valence-corrected chi connectivity index (χ1v) is 13.9. The minimum atomic E-state index is -0.791. The van der Waals surface area contributed by atoms with E-state index < -0.39 is 6.04 Å². The molecule has 5 nitrogen and oxygen atoms in total. The highest BCUT2D eigenvalue weighted by atomic mass is 35.5. The number of nitrogens with one attached hydrogen (secondary N) is 1. The van der Waals surface area contributed by atoms with E-state index in [9.17, 15) is 9.59 Å². The Kier molecular flexibility index (Phi) is 10.2. The summed E-state index contributed by atoms with van der Waals surface area (Å²) >= 11 is 13.0. The van der Waals surface area contributed by atoms with Crippen LogP contribution in [0.3, 0.4) is 0 Å². The number of carbonyl (C=O) groups excluding carboxylic acids is 2. The predicted molar refractivity (Wildman–Crippen MR) is 158 cm³/mol. The summed E-state index contributed by atoms with van der Waals surface area (Å²) in [5.74, 6) is 0.0312. The first-order chi connectivity index (χ1) is 19.0. The van der Waals surface area contributed by atoms with Gasteiger partial charge in [-0.15, -0.1) is 0 Å². The molecule has 0 aliphatic heterocycles. The maximum atomic E-state index is 13.9. The number of hydrogen-bond acceptors (Lipinski definition) is 3. The van der Waals surface area contributed by atoms with Gasteiger partial charge in [0.1, 0.15) is 11.8 Å². The summed E-state index contributed by atoms with van der Waals surface area (Å²) in [5, 5.41) is 5.80. The summed E-state index contributed by atoms with van der Waals surface area (Å²) in [6.45, 7) is 2.41. The van der Waals surface area contributed by atoms with Crippen LogP contribution in [-0.4, -0.2) is 35.9 Å². The molecule has 0 heterocycles. The Morgan fingerprint density at radius 2 is 1.54 bits per heavy atom. The third-order valence-electron chi connectivity index (χ3n) is 6.59. The Balaban J connectivity index is 1.66. The number of ether oxygens (including phenoxy) is 1. The van der Waals surface area contributed by atoms with E-state index in [2.05, 4.69) is 12.2 Å². The Hall–Kier alpha value is -3.54. The minimum absolute atomic E-state index is 0.0644. The fourth-order valence-electron chi connectivity index (χ4n) is 4.46. The summed E-state index contributed by atoms with van der Waals surface area (Å²) in [7, 11) is 0. The molecular formula is C32H32Cl2N2O3. The lowest BCUT2D eigenvalue weighted by Crippen LogP contribution is -2.52. The van der Waals surface area contributed by atoms with Crippen molar-refractivity contribution >= 4 is 45.8 Å². The zero-order valence-corrected chi connectivity index (χ0v) is 23.4. The molecule has 0 aromatic heterocycles. The molecule has 0 spiro atoms. The zero-order chi connectivity index (χ0) is 27.6. The van der Waals surface area contributed by atoms with Crippen molar-refractivity contribution in [2.45, 2.75) is 38.8 Å². The van der Waals surface area contributed by atoms with E-state index in [0.29, 0.717) is 34.3 Å². The van der Waals surface area contributed by atoms with Gasteiger partial charge in [0, 0.05) is 40.5 Å². The highest BCUT2D eigenvalue weighted by molar-refractivity contribution is 6.36. The van der Waals surface area contributed by atoms with Gasteiger partial charge in [0.15, 0.2) is 6.61 Å². The molecular weight excluding hydrogens is 531 g/mol. The number of benzene rings is 4. The van der Waals surface area contributed by atoms with Crippen LogP contribution in [0.25, 0.3) is 10.8 Å². The molecule has 0 unspecified atom stereocenters. The molecule has 0 saturated heterocycles. The molecule has 0 bridgehead atoms. The summed E-state index contributed by atoms with van der Waals surface area (Å²) in [5.41, 5.74) is 1.52. The molecule has 0 aliphatic rings. The van der Waals surface area contributed by atoms with Gasteiger partial charge in [0.05, 0.1) is 0 Å². The molecule has 39 heavy (non-hydrogen) atoms. The number of nitrogens with zero attached hydrogens (tertiary/aromatic N) is 1.